The summed E-state index contributed by atoms with van der Waals surface area (Å²) in [5.41, 5.74) is 45.4. The van der Waals surface area contributed by atoms with E-state index in [1.807, 2.05) is 6.07 Å². The molecule has 6 heterocycles. The van der Waals surface area contributed by atoms with Crippen molar-refractivity contribution < 1.29 is 8.83 Å². The normalized spacial score (nSPS) is 14.4. The van der Waals surface area contributed by atoms with E-state index in [4.69, 9.17) is 8.83 Å². The third kappa shape index (κ3) is 11.5. The molecular formula is C142H86N4O2. The van der Waals surface area contributed by atoms with Gasteiger partial charge in [-0.15, -0.1) is 0 Å². The molecule has 0 N–H and O–H groups in total. The molecule has 0 fully saturated rings. The third-order valence-corrected chi connectivity index (χ3v) is 32.9. The molecule has 0 amide bonds. The number of nitrogens with zero attached hydrogens (tertiary/aromatic N) is 4. The van der Waals surface area contributed by atoms with E-state index in [-0.39, 0.29) is 0 Å². The van der Waals surface area contributed by atoms with Crippen molar-refractivity contribution in [3.05, 3.63) is 566 Å². The van der Waals surface area contributed by atoms with Crippen LogP contribution >= 0.6 is 0 Å². The van der Waals surface area contributed by atoms with E-state index in [1.165, 1.54) is 143 Å². The molecule has 2 spiro atoms. The summed E-state index contributed by atoms with van der Waals surface area (Å²) in [6, 6.07) is 197. The molecule has 6 nitrogen and oxygen atoms in total. The Balaban J connectivity index is 0.624. The maximum Gasteiger partial charge on any atom is 0.135 e. The van der Waals surface area contributed by atoms with Gasteiger partial charge in [-0.25, -0.2) is 0 Å². The summed E-state index contributed by atoms with van der Waals surface area (Å²) in [4.78, 5) is 5.15. The van der Waals surface area contributed by atoms with E-state index >= 15 is 0 Å². The summed E-state index contributed by atoms with van der Waals surface area (Å²) >= 11 is 0. The van der Waals surface area contributed by atoms with Crippen molar-refractivity contribution in [2.75, 3.05) is 9.80 Å². The van der Waals surface area contributed by atoms with E-state index in [1.54, 1.807) is 0 Å². The Hall–Kier alpha value is -19.4. The Kier molecular flexibility index (Phi) is 17.5. The number of anilines is 6. The Labute approximate surface area is 853 Å². The fraction of sp³-hybridized carbons (Fsp3) is 0.0141. The minimum atomic E-state index is -0.840. The van der Waals surface area contributed by atoms with Crippen LogP contribution in [0.3, 0.4) is 0 Å². The topological polar surface area (TPSA) is 42.6 Å². The van der Waals surface area contributed by atoms with Crippen molar-refractivity contribution in [3.63, 3.8) is 0 Å². The predicted octanol–water partition coefficient (Wildman–Crippen LogP) is 37.9. The molecule has 6 heteroatoms. The monoisotopic (exact) mass is 1880 g/mol. The molecule has 28 aromatic rings. The molecule has 2 aliphatic heterocycles. The zero-order chi connectivity index (χ0) is 96.7. The highest BCUT2D eigenvalue weighted by Crippen LogP contribution is 2.66. The molecule has 24 aromatic carbocycles. The van der Waals surface area contributed by atoms with Gasteiger partial charge in [0.1, 0.15) is 22.3 Å². The molecule has 0 saturated heterocycles. The lowest BCUT2D eigenvalue weighted by Crippen LogP contribution is -2.33. The van der Waals surface area contributed by atoms with Crippen LogP contribution in [0.15, 0.2) is 531 Å². The van der Waals surface area contributed by atoms with Crippen LogP contribution in [0.5, 0.6) is 0 Å². The minimum absolute atomic E-state index is 0.758. The van der Waals surface area contributed by atoms with Crippen LogP contribution in [0.2, 0.25) is 0 Å². The maximum absolute atomic E-state index is 6.83. The molecule has 0 saturated carbocycles. The van der Waals surface area contributed by atoms with E-state index in [0.29, 0.717) is 0 Å². The Morgan fingerprint density at radius 1 is 0.169 bits per heavy atom. The second-order valence-electron chi connectivity index (χ2n) is 40.1. The molecule has 148 heavy (non-hydrogen) atoms. The molecule has 0 radical (unpaired) electrons. The number of fused-ring (bicyclic) bond motifs is 32. The number of rotatable bonds is 13. The lowest BCUT2D eigenvalue weighted by atomic mass is 9.65. The Morgan fingerprint density at radius 2 is 0.527 bits per heavy atom. The van der Waals surface area contributed by atoms with Gasteiger partial charge in [-0.05, 0) is 271 Å². The van der Waals surface area contributed by atoms with Crippen molar-refractivity contribution in [2.24, 2.45) is 0 Å². The zero-order valence-corrected chi connectivity index (χ0v) is 80.3. The maximum atomic E-state index is 6.83. The minimum Gasteiger partial charge on any atom is -0.456 e. The fourth-order valence-electron chi connectivity index (χ4n) is 26.9. The fourth-order valence-corrected chi connectivity index (χ4v) is 26.9. The van der Waals surface area contributed by atoms with Gasteiger partial charge in [0.15, 0.2) is 0 Å². The molecule has 2 atom stereocenters. The largest absolute Gasteiger partial charge is 0.456 e. The Morgan fingerprint density at radius 3 is 1.13 bits per heavy atom. The lowest BCUT2D eigenvalue weighted by Gasteiger charge is -2.40. The van der Waals surface area contributed by atoms with Crippen molar-refractivity contribution >= 4 is 143 Å². The van der Waals surface area contributed by atoms with Crippen LogP contribution in [0.4, 0.5) is 34.1 Å². The van der Waals surface area contributed by atoms with Gasteiger partial charge in [-0.2, -0.15) is 0 Å². The van der Waals surface area contributed by atoms with E-state index < -0.39 is 10.8 Å². The van der Waals surface area contributed by atoms with Gasteiger partial charge in [0.2, 0.25) is 0 Å². The summed E-state index contributed by atoms with van der Waals surface area (Å²) in [7, 11) is 0. The highest BCUT2D eigenvalue weighted by atomic mass is 16.3. The summed E-state index contributed by atoms with van der Waals surface area (Å²) in [5, 5.41) is 13.9. The first kappa shape index (κ1) is 82.2. The first-order valence-corrected chi connectivity index (χ1v) is 51.2. The number of aromatic nitrogens is 2. The molecule has 32 rings (SSSR count). The van der Waals surface area contributed by atoms with Gasteiger partial charge in [0, 0.05) is 76.8 Å². The van der Waals surface area contributed by atoms with Crippen LogP contribution in [-0.2, 0) is 10.8 Å². The number of para-hydroxylation sites is 9. The zero-order valence-electron chi connectivity index (χ0n) is 80.3. The van der Waals surface area contributed by atoms with Gasteiger partial charge in [-0.3, -0.25) is 0 Å². The summed E-state index contributed by atoms with van der Waals surface area (Å²) in [6.45, 7) is 0. The molecule has 686 valence electrons. The van der Waals surface area contributed by atoms with Crippen LogP contribution in [0.1, 0.15) is 44.5 Å². The van der Waals surface area contributed by atoms with E-state index in [9.17, 15) is 0 Å². The van der Waals surface area contributed by atoms with Crippen LogP contribution in [-0.4, -0.2) is 9.13 Å². The standard InChI is InChI=1S/C142H86N4O2/c1-3-39-96-87(33-1)35-28-53-99(96)101-41-5-7-43-103(101)109-47-11-20-63-127(109)143(93-38-27-37-89(81-93)90-72-79-136-117(82-90)112-50-14-25-69-134(112)147-136)94-74-76-107-105-45-10-17-58-120(105)142(125(107)85-94)122-60-19-24-67-132(122)146-133-68-32-52-98(138(133)115-56-31-62-124(142)140(115)146)91-71-78-130(116(83-91)92-73-80-137-118(84-92)113-51-15-26-70-135(113)148-137)144(128-64-21-12-48-110(128)104-44-8-6-42-102(104)100-54-29-36-88-34-2-4-40-97(88)100)95-75-77-108-106-46-9-16-57-119(106)141(126(108)86-95)121-59-18-23-66-131(121)145-129-65-22-13-49-111(129)114-55-30-61-123(141)139(114)145/h1-86H. The van der Waals surface area contributed by atoms with Gasteiger partial charge in [0.25, 0.3) is 0 Å². The first-order chi connectivity index (χ1) is 73.4. The highest BCUT2D eigenvalue weighted by Gasteiger charge is 2.54. The van der Waals surface area contributed by atoms with Gasteiger partial charge < -0.3 is 27.8 Å². The highest BCUT2D eigenvalue weighted by molar-refractivity contribution is 6.21. The lowest BCUT2D eigenvalue weighted by molar-refractivity contribution is 0.668. The molecule has 2 aliphatic carbocycles. The van der Waals surface area contributed by atoms with Crippen molar-refractivity contribution in [1.29, 1.82) is 0 Å². The Bertz CT molecular complexity index is 10600. The number of hydrogen-bond donors (Lipinski definition) is 0. The molecular weight excluding hydrogens is 1790 g/mol. The van der Waals surface area contributed by atoms with Crippen molar-refractivity contribution in [2.45, 2.75) is 10.8 Å². The molecule has 4 aliphatic rings. The van der Waals surface area contributed by atoms with Crippen LogP contribution in [0.25, 0.3) is 221 Å². The van der Waals surface area contributed by atoms with E-state index in [2.05, 4.69) is 535 Å². The summed E-state index contributed by atoms with van der Waals surface area (Å²) in [6.07, 6.45) is 0. The number of hydrogen-bond acceptors (Lipinski definition) is 4. The number of benzene rings is 24. The van der Waals surface area contributed by atoms with Crippen LogP contribution < -0.4 is 9.80 Å². The molecule has 2 unspecified atom stereocenters. The quantitative estimate of drug-likeness (QED) is 0.115. The smallest absolute Gasteiger partial charge is 0.135 e. The average Bonchev–Trinajstić information content (AvgIpc) is 1.48. The predicted molar refractivity (Wildman–Crippen MR) is 614 cm³/mol. The van der Waals surface area contributed by atoms with Crippen LogP contribution in [0, 0.1) is 0 Å². The second-order valence-corrected chi connectivity index (χ2v) is 40.1. The average molecular weight is 1880 g/mol. The van der Waals surface area contributed by atoms with Gasteiger partial charge >= 0.3 is 0 Å². The molecule has 0 bridgehead atoms. The van der Waals surface area contributed by atoms with Gasteiger partial charge in [-0.1, -0.05) is 400 Å². The van der Waals surface area contributed by atoms with Crippen molar-refractivity contribution in [3.8, 4) is 112 Å². The third-order valence-electron chi connectivity index (χ3n) is 32.9. The SMILES string of the molecule is c1cc(-c2ccc3oc4ccccc4c3c2)cc(N(c2ccc3c(c2)C2(c4ccccc4-3)c3ccccc3-n3c4cccc(-c5ccc(N(c6ccc7c(c6)C6(c8ccccc8-7)c7ccccc7-n7c8ccccc8c8cccc6c87)c6ccccc6-c6ccccc6-c6cccc7ccccc67)c(-c6ccc7oc8ccccc8c7c6)c5)c4c4cccc2c43)c2ccccc2-c2ccccc2-c2cccc3ccccc23)c1. The second kappa shape index (κ2) is 31.6. The van der Waals surface area contributed by atoms with Gasteiger partial charge in [0.05, 0.1) is 61.3 Å². The summed E-state index contributed by atoms with van der Waals surface area (Å²) in [5.74, 6) is 0. The van der Waals surface area contributed by atoms with E-state index in [0.717, 1.165) is 156 Å². The first-order valence-electron chi connectivity index (χ1n) is 51.2. The molecule has 4 aromatic heterocycles. The summed E-state index contributed by atoms with van der Waals surface area (Å²) < 4.78 is 18.5. The van der Waals surface area contributed by atoms with Crippen molar-refractivity contribution in [1.82, 2.24) is 9.13 Å². The number of furan rings is 2.